The van der Waals surface area contributed by atoms with Gasteiger partial charge < -0.3 is 4.74 Å². The third-order valence-corrected chi connectivity index (χ3v) is 7.99. The van der Waals surface area contributed by atoms with E-state index >= 15 is 0 Å². The number of ether oxygens (including phenoxy) is 1. The Balaban J connectivity index is 1.84. The Hall–Kier alpha value is -2.42. The second kappa shape index (κ2) is 22.3. The molecule has 0 unspecified atom stereocenters. The van der Waals surface area contributed by atoms with Crippen LogP contribution in [0.4, 0.5) is 0 Å². The van der Waals surface area contributed by atoms with Crippen molar-refractivity contribution in [2.24, 2.45) is 5.92 Å². The van der Waals surface area contributed by atoms with Gasteiger partial charge in [0.05, 0.1) is 6.61 Å². The van der Waals surface area contributed by atoms with Crippen molar-refractivity contribution in [3.05, 3.63) is 61.0 Å². The molecule has 0 N–H and O–H groups in total. The smallest absolute Gasteiger partial charge is 0.159 e. The average molecular weight is 547 g/mol. The Morgan fingerprint density at radius 3 is 2.15 bits per heavy atom. The van der Waals surface area contributed by atoms with Crippen molar-refractivity contribution < 1.29 is 4.74 Å². The predicted molar refractivity (Wildman–Crippen MR) is 175 cm³/mol. The molecular weight excluding hydrogens is 488 g/mol. The first-order chi connectivity index (χ1) is 19.7. The molecule has 1 aromatic carbocycles. The van der Waals surface area contributed by atoms with Crippen LogP contribution in [0, 0.1) is 5.92 Å². The second-order valence-electron chi connectivity index (χ2n) is 11.6. The molecule has 0 radical (unpaired) electrons. The Morgan fingerprint density at radius 1 is 0.800 bits per heavy atom. The molecule has 2 aromatic rings. The van der Waals surface area contributed by atoms with Gasteiger partial charge >= 0.3 is 0 Å². The summed E-state index contributed by atoms with van der Waals surface area (Å²) in [5.74, 6) is 2.55. The van der Waals surface area contributed by atoms with Crippen LogP contribution in [-0.4, -0.2) is 16.6 Å². The number of aromatic nitrogens is 2. The molecular formula is C37H58N2O. The number of allylic oxidation sites excluding steroid dienone is 3. The van der Waals surface area contributed by atoms with Crippen molar-refractivity contribution in [1.82, 2.24) is 9.97 Å². The third kappa shape index (κ3) is 14.8. The summed E-state index contributed by atoms with van der Waals surface area (Å²) in [5.41, 5.74) is 3.64. The van der Waals surface area contributed by atoms with E-state index in [1.54, 1.807) is 0 Å². The number of nitrogens with zero attached hydrogens (tertiary/aromatic N) is 2. The minimum Gasteiger partial charge on any atom is -0.494 e. The molecule has 0 amide bonds. The van der Waals surface area contributed by atoms with Crippen molar-refractivity contribution in [3.63, 3.8) is 0 Å². The van der Waals surface area contributed by atoms with Crippen LogP contribution in [0.15, 0.2) is 55.4 Å². The highest BCUT2D eigenvalue weighted by atomic mass is 16.5. The SMILES string of the molecule is C=CCCCCCCCCOc1ccc(-c2ncc(C(=CCCCCCC)CCCCC[C@@H](C)CC)cn2)cc1. The van der Waals surface area contributed by atoms with E-state index in [1.165, 1.54) is 101 Å². The zero-order valence-electron chi connectivity index (χ0n) is 26.1. The maximum Gasteiger partial charge on any atom is 0.159 e. The monoisotopic (exact) mass is 546 g/mol. The van der Waals surface area contributed by atoms with Crippen LogP contribution in [0.25, 0.3) is 17.0 Å². The van der Waals surface area contributed by atoms with Gasteiger partial charge in [-0.2, -0.15) is 0 Å². The summed E-state index contributed by atoms with van der Waals surface area (Å²) in [5, 5.41) is 0. The molecule has 0 saturated heterocycles. The molecule has 1 aromatic heterocycles. The molecule has 3 nitrogen and oxygen atoms in total. The van der Waals surface area contributed by atoms with E-state index < -0.39 is 0 Å². The zero-order chi connectivity index (χ0) is 28.7. The van der Waals surface area contributed by atoms with Crippen LogP contribution in [0.2, 0.25) is 0 Å². The van der Waals surface area contributed by atoms with Gasteiger partial charge in [0.25, 0.3) is 0 Å². The van der Waals surface area contributed by atoms with Gasteiger partial charge in [-0.05, 0) is 80.7 Å². The first-order valence-corrected chi connectivity index (χ1v) is 16.5. The molecule has 3 heteroatoms. The largest absolute Gasteiger partial charge is 0.494 e. The van der Waals surface area contributed by atoms with E-state index in [2.05, 4.69) is 45.6 Å². The lowest BCUT2D eigenvalue weighted by atomic mass is 9.97. The van der Waals surface area contributed by atoms with E-state index in [0.717, 1.165) is 55.3 Å². The van der Waals surface area contributed by atoms with Gasteiger partial charge in [0.2, 0.25) is 0 Å². The summed E-state index contributed by atoms with van der Waals surface area (Å²) in [6, 6.07) is 8.24. The Labute approximate surface area is 247 Å². The van der Waals surface area contributed by atoms with Gasteiger partial charge in [-0.15, -0.1) is 6.58 Å². The molecule has 0 bridgehead atoms. The lowest BCUT2D eigenvalue weighted by Crippen LogP contribution is -1.98. The first-order valence-electron chi connectivity index (χ1n) is 16.5. The Bertz CT molecular complexity index is 916. The van der Waals surface area contributed by atoms with E-state index in [-0.39, 0.29) is 0 Å². The van der Waals surface area contributed by atoms with Crippen molar-refractivity contribution in [1.29, 1.82) is 0 Å². The molecule has 0 saturated carbocycles. The van der Waals surface area contributed by atoms with E-state index in [0.29, 0.717) is 0 Å². The van der Waals surface area contributed by atoms with E-state index in [1.807, 2.05) is 30.6 Å². The summed E-state index contributed by atoms with van der Waals surface area (Å²) in [6.07, 6.45) is 31.2. The standard InChI is InChI=1S/C37H58N2O/c1-5-8-10-12-13-14-16-21-29-40-36-27-25-34(26-28-36)37-38-30-35(31-39-37)33(23-19-15-11-9-6-2)24-20-17-18-22-32(4)7-3/h5,23,25-28,30-32H,1,6-22,24,29H2,2-4H3/t32-/m0/s1. The van der Waals surface area contributed by atoms with Gasteiger partial charge in [-0.25, -0.2) is 9.97 Å². The highest BCUT2D eigenvalue weighted by Gasteiger charge is 2.07. The normalized spacial score (nSPS) is 12.4. The van der Waals surface area contributed by atoms with Gasteiger partial charge in [0.1, 0.15) is 5.75 Å². The molecule has 0 aliphatic heterocycles. The van der Waals surface area contributed by atoms with Gasteiger partial charge in [-0.1, -0.05) is 104 Å². The lowest BCUT2D eigenvalue weighted by Gasteiger charge is -2.11. The maximum absolute atomic E-state index is 5.97. The van der Waals surface area contributed by atoms with Crippen LogP contribution >= 0.6 is 0 Å². The highest BCUT2D eigenvalue weighted by Crippen LogP contribution is 2.25. The summed E-state index contributed by atoms with van der Waals surface area (Å²) in [4.78, 5) is 9.52. The number of benzene rings is 1. The van der Waals surface area contributed by atoms with Gasteiger partial charge in [0.15, 0.2) is 5.82 Å². The fourth-order valence-electron chi connectivity index (χ4n) is 5.03. The lowest BCUT2D eigenvalue weighted by molar-refractivity contribution is 0.304. The predicted octanol–water partition coefficient (Wildman–Crippen LogP) is 11.8. The van der Waals surface area contributed by atoms with Crippen LogP contribution in [0.1, 0.15) is 142 Å². The van der Waals surface area contributed by atoms with E-state index in [9.17, 15) is 0 Å². The Morgan fingerprint density at radius 2 is 1.45 bits per heavy atom. The van der Waals surface area contributed by atoms with Gasteiger partial charge in [0, 0.05) is 23.5 Å². The fraction of sp³-hybridized carbons (Fsp3) is 0.622. The van der Waals surface area contributed by atoms with Crippen molar-refractivity contribution in [2.45, 2.75) is 136 Å². The number of hydrogen-bond acceptors (Lipinski definition) is 3. The number of unbranched alkanes of at least 4 members (excludes halogenated alkanes) is 12. The molecule has 222 valence electrons. The molecule has 40 heavy (non-hydrogen) atoms. The van der Waals surface area contributed by atoms with Crippen LogP contribution in [0.3, 0.4) is 0 Å². The van der Waals surface area contributed by atoms with Crippen LogP contribution < -0.4 is 4.74 Å². The molecule has 2 rings (SSSR count). The van der Waals surface area contributed by atoms with Crippen molar-refractivity contribution >= 4 is 5.57 Å². The molecule has 1 heterocycles. The summed E-state index contributed by atoms with van der Waals surface area (Å²) in [6.45, 7) is 11.5. The topological polar surface area (TPSA) is 35.0 Å². The maximum atomic E-state index is 5.97. The fourth-order valence-corrected chi connectivity index (χ4v) is 5.03. The molecule has 0 aliphatic rings. The summed E-state index contributed by atoms with van der Waals surface area (Å²) < 4.78 is 5.97. The molecule has 0 spiro atoms. The minimum atomic E-state index is 0.780. The number of hydrogen-bond donors (Lipinski definition) is 0. The molecule has 0 aliphatic carbocycles. The zero-order valence-corrected chi connectivity index (χ0v) is 26.1. The Kier molecular flexibility index (Phi) is 18.8. The van der Waals surface area contributed by atoms with Crippen LogP contribution in [0.5, 0.6) is 5.75 Å². The molecule has 0 fully saturated rings. The minimum absolute atomic E-state index is 0.780. The summed E-state index contributed by atoms with van der Waals surface area (Å²) >= 11 is 0. The average Bonchev–Trinajstić information content (AvgIpc) is 2.99. The second-order valence-corrected chi connectivity index (χ2v) is 11.6. The highest BCUT2D eigenvalue weighted by molar-refractivity contribution is 5.65. The quantitative estimate of drug-likeness (QED) is 0.0970. The first kappa shape index (κ1) is 33.8. The summed E-state index contributed by atoms with van der Waals surface area (Å²) in [7, 11) is 0. The van der Waals surface area contributed by atoms with Crippen molar-refractivity contribution in [2.75, 3.05) is 6.61 Å². The number of rotatable bonds is 24. The van der Waals surface area contributed by atoms with Crippen LogP contribution in [-0.2, 0) is 0 Å². The molecule has 1 atom stereocenters. The van der Waals surface area contributed by atoms with Gasteiger partial charge in [-0.3, -0.25) is 0 Å². The van der Waals surface area contributed by atoms with Crippen molar-refractivity contribution in [3.8, 4) is 17.1 Å². The third-order valence-electron chi connectivity index (χ3n) is 7.99. The van der Waals surface area contributed by atoms with E-state index in [4.69, 9.17) is 14.7 Å².